The van der Waals surface area contributed by atoms with Crippen LogP contribution in [0, 0.1) is 0 Å². The largest absolute Gasteiger partial charge is 0.354 e. The number of carbonyl (C=O) groups excluding carboxylic acids is 1. The molecule has 0 atom stereocenters. The summed E-state index contributed by atoms with van der Waals surface area (Å²) < 4.78 is 1.74. The third-order valence-corrected chi connectivity index (χ3v) is 3.03. The number of nitrogens with one attached hydrogen (secondary N) is 2. The number of hydrogen-bond donors (Lipinski definition) is 2. The van der Waals surface area contributed by atoms with E-state index in [1.165, 1.54) is 0 Å². The first-order valence-electron chi connectivity index (χ1n) is 6.83. The van der Waals surface area contributed by atoms with Crippen LogP contribution in [0.25, 0.3) is 5.69 Å². The summed E-state index contributed by atoms with van der Waals surface area (Å²) >= 11 is 0. The highest BCUT2D eigenvalue weighted by Gasteiger charge is 2.10. The molecular formula is C15H20N4O. The molecule has 0 spiro atoms. The molecule has 0 aliphatic rings. The normalized spacial score (nSPS) is 10.5. The standard InChI is InChI=1S/C15H20N4O/c1-3-9-17-11-12-6-4-5-7-14(12)19-10-8-13(18-19)15(20)16-2/h4-8,10,17H,3,9,11H2,1-2H3,(H,16,20). The number of aromatic nitrogens is 2. The minimum atomic E-state index is -0.176. The summed E-state index contributed by atoms with van der Waals surface area (Å²) in [6, 6.07) is 9.77. The fourth-order valence-electron chi connectivity index (χ4n) is 1.99. The molecule has 0 aliphatic heterocycles. The highest BCUT2D eigenvalue weighted by molar-refractivity contribution is 5.91. The summed E-state index contributed by atoms with van der Waals surface area (Å²) in [5, 5.41) is 10.3. The van der Waals surface area contributed by atoms with E-state index >= 15 is 0 Å². The predicted molar refractivity (Wildman–Crippen MR) is 79.0 cm³/mol. The average molecular weight is 272 g/mol. The summed E-state index contributed by atoms with van der Waals surface area (Å²) in [5.74, 6) is -0.176. The topological polar surface area (TPSA) is 59.0 Å². The van der Waals surface area contributed by atoms with Crippen LogP contribution in [0.2, 0.25) is 0 Å². The number of carbonyl (C=O) groups is 1. The minimum absolute atomic E-state index is 0.176. The lowest BCUT2D eigenvalue weighted by molar-refractivity contribution is 0.0957. The van der Waals surface area contributed by atoms with Crippen LogP contribution >= 0.6 is 0 Å². The Morgan fingerprint density at radius 1 is 1.30 bits per heavy atom. The average Bonchev–Trinajstić information content (AvgIpc) is 2.97. The van der Waals surface area contributed by atoms with E-state index in [0.717, 1.165) is 30.8 Å². The molecule has 2 N–H and O–H groups in total. The van der Waals surface area contributed by atoms with Crippen LogP contribution in [-0.4, -0.2) is 29.3 Å². The van der Waals surface area contributed by atoms with Crippen molar-refractivity contribution in [3.05, 3.63) is 47.8 Å². The first-order chi connectivity index (χ1) is 9.76. The summed E-state index contributed by atoms with van der Waals surface area (Å²) in [7, 11) is 1.60. The fraction of sp³-hybridized carbons (Fsp3) is 0.333. The number of amides is 1. The Kier molecular flexibility index (Phi) is 4.90. The van der Waals surface area contributed by atoms with Crippen LogP contribution in [0.5, 0.6) is 0 Å². The van der Waals surface area contributed by atoms with Crippen molar-refractivity contribution in [3.63, 3.8) is 0 Å². The molecule has 0 aliphatic carbocycles. The molecule has 0 fully saturated rings. The summed E-state index contributed by atoms with van der Waals surface area (Å²) in [6.07, 6.45) is 2.91. The van der Waals surface area contributed by atoms with Crippen molar-refractivity contribution in [3.8, 4) is 5.69 Å². The van der Waals surface area contributed by atoms with Crippen molar-refractivity contribution in [2.75, 3.05) is 13.6 Å². The quantitative estimate of drug-likeness (QED) is 0.787. The monoisotopic (exact) mass is 272 g/mol. The van der Waals surface area contributed by atoms with Gasteiger partial charge in [-0.1, -0.05) is 25.1 Å². The molecule has 0 radical (unpaired) electrons. The molecule has 2 rings (SSSR count). The lowest BCUT2D eigenvalue weighted by Crippen LogP contribution is -2.19. The Morgan fingerprint density at radius 3 is 2.85 bits per heavy atom. The molecule has 2 aromatic rings. The molecule has 5 nitrogen and oxygen atoms in total. The van der Waals surface area contributed by atoms with Gasteiger partial charge in [-0.3, -0.25) is 4.79 Å². The first kappa shape index (κ1) is 14.3. The maximum absolute atomic E-state index is 11.6. The van der Waals surface area contributed by atoms with E-state index in [9.17, 15) is 4.79 Å². The molecule has 0 saturated carbocycles. The highest BCUT2D eigenvalue weighted by Crippen LogP contribution is 2.14. The number of benzene rings is 1. The molecule has 1 aromatic carbocycles. The van der Waals surface area contributed by atoms with Crippen LogP contribution in [0.3, 0.4) is 0 Å². The lowest BCUT2D eigenvalue weighted by Gasteiger charge is -2.10. The second-order valence-corrected chi connectivity index (χ2v) is 4.53. The molecule has 20 heavy (non-hydrogen) atoms. The third kappa shape index (κ3) is 3.24. The summed E-state index contributed by atoms with van der Waals surface area (Å²) in [6.45, 7) is 3.91. The van der Waals surface area contributed by atoms with Gasteiger partial charge in [-0.2, -0.15) is 5.10 Å². The lowest BCUT2D eigenvalue weighted by atomic mass is 10.2. The van der Waals surface area contributed by atoms with E-state index in [4.69, 9.17) is 0 Å². The van der Waals surface area contributed by atoms with Gasteiger partial charge >= 0.3 is 0 Å². The smallest absolute Gasteiger partial charge is 0.271 e. The second-order valence-electron chi connectivity index (χ2n) is 4.53. The number of hydrogen-bond acceptors (Lipinski definition) is 3. The Bertz CT molecular complexity index is 577. The molecule has 0 unspecified atom stereocenters. The van der Waals surface area contributed by atoms with E-state index in [2.05, 4.69) is 28.7 Å². The number of nitrogens with zero attached hydrogens (tertiary/aromatic N) is 2. The van der Waals surface area contributed by atoms with Gasteiger partial charge in [0.15, 0.2) is 5.69 Å². The maximum Gasteiger partial charge on any atom is 0.271 e. The van der Waals surface area contributed by atoms with Gasteiger partial charge in [0.1, 0.15) is 0 Å². The van der Waals surface area contributed by atoms with Gasteiger partial charge in [-0.25, -0.2) is 4.68 Å². The van der Waals surface area contributed by atoms with Gasteiger partial charge in [-0.15, -0.1) is 0 Å². The van der Waals surface area contributed by atoms with E-state index in [1.807, 2.05) is 24.4 Å². The van der Waals surface area contributed by atoms with Crippen molar-refractivity contribution < 1.29 is 4.79 Å². The summed E-state index contributed by atoms with van der Waals surface area (Å²) in [4.78, 5) is 11.6. The van der Waals surface area contributed by atoms with Gasteiger partial charge in [0.2, 0.25) is 0 Å². The van der Waals surface area contributed by atoms with Crippen molar-refractivity contribution in [1.82, 2.24) is 20.4 Å². The van der Waals surface area contributed by atoms with Crippen LogP contribution in [0.4, 0.5) is 0 Å². The molecule has 0 bridgehead atoms. The predicted octanol–water partition coefficient (Wildman–Crippen LogP) is 1.73. The molecule has 5 heteroatoms. The number of para-hydroxylation sites is 1. The molecule has 1 aromatic heterocycles. The first-order valence-corrected chi connectivity index (χ1v) is 6.83. The fourth-order valence-corrected chi connectivity index (χ4v) is 1.99. The zero-order chi connectivity index (χ0) is 14.4. The van der Waals surface area contributed by atoms with Crippen molar-refractivity contribution in [2.45, 2.75) is 19.9 Å². The van der Waals surface area contributed by atoms with Crippen molar-refractivity contribution >= 4 is 5.91 Å². The highest BCUT2D eigenvalue weighted by atomic mass is 16.1. The molecule has 1 amide bonds. The van der Waals surface area contributed by atoms with Crippen molar-refractivity contribution in [1.29, 1.82) is 0 Å². The molecule has 1 heterocycles. The molecule has 0 saturated heterocycles. The van der Waals surface area contributed by atoms with E-state index in [-0.39, 0.29) is 5.91 Å². The Morgan fingerprint density at radius 2 is 2.10 bits per heavy atom. The van der Waals surface area contributed by atoms with E-state index in [0.29, 0.717) is 5.69 Å². The number of rotatable bonds is 6. The minimum Gasteiger partial charge on any atom is -0.354 e. The van der Waals surface area contributed by atoms with E-state index < -0.39 is 0 Å². The van der Waals surface area contributed by atoms with E-state index in [1.54, 1.807) is 17.8 Å². The van der Waals surface area contributed by atoms with Crippen LogP contribution in [-0.2, 0) is 6.54 Å². The third-order valence-electron chi connectivity index (χ3n) is 3.03. The summed E-state index contributed by atoms with van der Waals surface area (Å²) in [5.41, 5.74) is 2.57. The van der Waals surface area contributed by atoms with Gasteiger partial charge in [0, 0.05) is 19.8 Å². The molecule has 106 valence electrons. The zero-order valence-corrected chi connectivity index (χ0v) is 11.9. The van der Waals surface area contributed by atoms with Crippen LogP contribution < -0.4 is 10.6 Å². The maximum atomic E-state index is 11.6. The Labute approximate surface area is 119 Å². The van der Waals surface area contributed by atoms with Gasteiger partial charge in [0.05, 0.1) is 5.69 Å². The molecular weight excluding hydrogens is 252 g/mol. The SMILES string of the molecule is CCCNCc1ccccc1-n1ccc(C(=O)NC)n1. The van der Waals surface area contributed by atoms with Gasteiger partial charge in [-0.05, 0) is 30.7 Å². The zero-order valence-electron chi connectivity index (χ0n) is 11.9. The van der Waals surface area contributed by atoms with Crippen LogP contribution in [0.15, 0.2) is 36.5 Å². The van der Waals surface area contributed by atoms with Gasteiger partial charge in [0.25, 0.3) is 5.91 Å². The second kappa shape index (κ2) is 6.86. The van der Waals surface area contributed by atoms with Gasteiger partial charge < -0.3 is 10.6 Å². The van der Waals surface area contributed by atoms with Crippen LogP contribution in [0.1, 0.15) is 29.4 Å². The Hall–Kier alpha value is -2.14. The Balaban J connectivity index is 2.23. The van der Waals surface area contributed by atoms with Crippen molar-refractivity contribution in [2.24, 2.45) is 0 Å².